The Morgan fingerprint density at radius 3 is 2.75 bits per heavy atom. The lowest BCUT2D eigenvalue weighted by Crippen LogP contribution is -2.52. The van der Waals surface area contributed by atoms with Gasteiger partial charge in [-0.15, -0.1) is 0 Å². The monoisotopic (exact) mass is 283 g/mol. The van der Waals surface area contributed by atoms with Crippen molar-refractivity contribution in [2.45, 2.75) is 51.2 Å². The van der Waals surface area contributed by atoms with Gasteiger partial charge in [-0.1, -0.05) is 0 Å². The summed E-state index contributed by atoms with van der Waals surface area (Å²) in [6, 6.07) is 0. The Balaban J connectivity index is 1.81. The van der Waals surface area contributed by atoms with Gasteiger partial charge in [0.05, 0.1) is 18.7 Å². The zero-order valence-corrected chi connectivity index (χ0v) is 12.6. The van der Waals surface area contributed by atoms with Crippen LogP contribution in [0.25, 0.3) is 0 Å². The molecule has 0 spiro atoms. The van der Waals surface area contributed by atoms with Crippen molar-refractivity contribution in [2.75, 3.05) is 26.2 Å². The molecule has 2 aliphatic rings. The lowest BCUT2D eigenvalue weighted by molar-refractivity contribution is -0.0279. The van der Waals surface area contributed by atoms with E-state index in [1.54, 1.807) is 4.90 Å². The highest BCUT2D eigenvalue weighted by atomic mass is 16.6. The molecule has 2 rings (SSSR count). The zero-order chi connectivity index (χ0) is 14.8. The largest absolute Gasteiger partial charge is 0.444 e. The molecule has 1 amide bonds. The first-order chi connectivity index (χ1) is 9.27. The first-order valence-electron chi connectivity index (χ1n) is 7.25. The van der Waals surface area contributed by atoms with Crippen LogP contribution in [0.2, 0.25) is 0 Å². The summed E-state index contributed by atoms with van der Waals surface area (Å²) in [5, 5.41) is 13.2. The zero-order valence-electron chi connectivity index (χ0n) is 12.6. The second-order valence-corrected chi connectivity index (χ2v) is 6.66. The molecule has 6 nitrogen and oxygen atoms in total. The van der Waals surface area contributed by atoms with Crippen molar-refractivity contribution >= 4 is 11.9 Å². The molecule has 0 atom stereocenters. The lowest BCUT2D eigenvalue weighted by Gasteiger charge is -2.37. The summed E-state index contributed by atoms with van der Waals surface area (Å²) in [7, 11) is 0. The number of nitrogens with one attached hydrogen (secondary N) is 1. The van der Waals surface area contributed by atoms with Crippen LogP contribution in [0.5, 0.6) is 0 Å². The van der Waals surface area contributed by atoms with E-state index < -0.39 is 11.2 Å². The van der Waals surface area contributed by atoms with Gasteiger partial charge in [0.1, 0.15) is 11.4 Å². The van der Waals surface area contributed by atoms with Crippen LogP contribution in [-0.4, -0.2) is 59.3 Å². The Bertz CT molecular complexity index is 397. The van der Waals surface area contributed by atoms with Crippen LogP contribution in [0.4, 0.5) is 4.79 Å². The Hall–Kier alpha value is -1.30. The van der Waals surface area contributed by atoms with Crippen molar-refractivity contribution in [1.29, 1.82) is 0 Å². The molecule has 114 valence electrons. The van der Waals surface area contributed by atoms with Crippen molar-refractivity contribution in [3.63, 3.8) is 0 Å². The number of aliphatic hydroxyl groups is 1. The third kappa shape index (κ3) is 4.10. The van der Waals surface area contributed by atoms with Gasteiger partial charge in [0.25, 0.3) is 0 Å². The van der Waals surface area contributed by atoms with Crippen molar-refractivity contribution in [2.24, 2.45) is 4.99 Å². The van der Waals surface area contributed by atoms with Gasteiger partial charge in [-0.2, -0.15) is 0 Å². The van der Waals surface area contributed by atoms with Crippen LogP contribution >= 0.6 is 0 Å². The highest BCUT2D eigenvalue weighted by Gasteiger charge is 2.34. The molecular formula is C14H25N3O3. The number of carbonyl (C=O) groups excluding carboxylic acids is 1. The van der Waals surface area contributed by atoms with E-state index in [0.29, 0.717) is 26.2 Å². The molecule has 1 heterocycles. The highest BCUT2D eigenvalue weighted by Crippen LogP contribution is 2.30. The Morgan fingerprint density at radius 1 is 1.50 bits per heavy atom. The van der Waals surface area contributed by atoms with Crippen LogP contribution in [0.1, 0.15) is 40.0 Å². The van der Waals surface area contributed by atoms with E-state index in [4.69, 9.17) is 4.74 Å². The molecule has 0 aromatic carbocycles. The molecule has 1 saturated carbocycles. The molecule has 1 aliphatic heterocycles. The van der Waals surface area contributed by atoms with Crippen molar-refractivity contribution < 1.29 is 14.6 Å². The maximum Gasteiger partial charge on any atom is 0.410 e. The van der Waals surface area contributed by atoms with Gasteiger partial charge in [-0.25, -0.2) is 4.79 Å². The van der Waals surface area contributed by atoms with Gasteiger partial charge in [-0.3, -0.25) is 9.89 Å². The summed E-state index contributed by atoms with van der Waals surface area (Å²) in [6.07, 6.45) is 2.44. The van der Waals surface area contributed by atoms with Crippen molar-refractivity contribution in [3.8, 4) is 0 Å². The number of amides is 1. The number of hydrogen-bond donors (Lipinski definition) is 2. The number of aliphatic imine (C=N–C) groups is 1. The van der Waals surface area contributed by atoms with Crippen LogP contribution in [0.3, 0.4) is 0 Å². The van der Waals surface area contributed by atoms with Gasteiger partial charge in [-0.05, 0) is 40.0 Å². The molecule has 0 aromatic rings. The minimum absolute atomic E-state index is 0.311. The van der Waals surface area contributed by atoms with E-state index >= 15 is 0 Å². The number of nitrogens with zero attached hydrogens (tertiary/aromatic N) is 2. The molecule has 1 fully saturated rings. The minimum atomic E-state index is -0.587. The van der Waals surface area contributed by atoms with Crippen LogP contribution < -0.4 is 5.32 Å². The van der Waals surface area contributed by atoms with Gasteiger partial charge in [0.2, 0.25) is 0 Å². The van der Waals surface area contributed by atoms with E-state index in [9.17, 15) is 9.90 Å². The first-order valence-corrected chi connectivity index (χ1v) is 7.25. The fourth-order valence-corrected chi connectivity index (χ4v) is 2.24. The summed E-state index contributed by atoms with van der Waals surface area (Å²) < 4.78 is 5.36. The highest BCUT2D eigenvalue weighted by molar-refractivity contribution is 5.87. The summed E-state index contributed by atoms with van der Waals surface area (Å²) >= 11 is 0. The van der Waals surface area contributed by atoms with Gasteiger partial charge in [0, 0.05) is 13.1 Å². The van der Waals surface area contributed by atoms with Crippen molar-refractivity contribution in [1.82, 2.24) is 10.2 Å². The number of ether oxygens (including phenoxy) is 1. The molecule has 0 bridgehead atoms. The standard InChI is InChI=1S/C14H25N3O3/c1-13(2,3)20-12(18)17-8-7-15-11(9-17)16-10-14(19)5-4-6-14/h19H,4-10H2,1-3H3,(H,15,16). The Kier molecular flexibility index (Phi) is 4.22. The number of amidine groups is 1. The minimum Gasteiger partial charge on any atom is -0.444 e. The Labute approximate surface area is 120 Å². The summed E-state index contributed by atoms with van der Waals surface area (Å²) in [6.45, 7) is 7.64. The third-order valence-corrected chi connectivity index (χ3v) is 3.57. The van der Waals surface area contributed by atoms with Crippen LogP contribution in [0.15, 0.2) is 4.99 Å². The summed E-state index contributed by atoms with van der Waals surface area (Å²) in [5.74, 6) is 0.752. The SMILES string of the molecule is CC(C)(C)OC(=O)N1CCN=C(NCC2(O)CCC2)C1. The molecule has 1 aliphatic carbocycles. The molecule has 0 unspecified atom stereocenters. The number of rotatable bonds is 2. The van der Waals surface area contributed by atoms with Crippen LogP contribution in [0, 0.1) is 0 Å². The van der Waals surface area contributed by atoms with Gasteiger partial charge in [0.15, 0.2) is 0 Å². The van der Waals surface area contributed by atoms with Gasteiger partial charge < -0.3 is 15.2 Å². The average Bonchev–Trinajstić information content (AvgIpc) is 2.32. The molecule has 20 heavy (non-hydrogen) atoms. The number of carbonyl (C=O) groups is 1. The third-order valence-electron chi connectivity index (χ3n) is 3.57. The van der Waals surface area contributed by atoms with E-state index in [1.165, 1.54) is 0 Å². The fourth-order valence-electron chi connectivity index (χ4n) is 2.24. The van der Waals surface area contributed by atoms with E-state index in [1.807, 2.05) is 20.8 Å². The van der Waals surface area contributed by atoms with Crippen LogP contribution in [-0.2, 0) is 4.74 Å². The maximum atomic E-state index is 12.0. The molecule has 0 saturated heterocycles. The fraction of sp³-hybridized carbons (Fsp3) is 0.857. The smallest absolute Gasteiger partial charge is 0.410 e. The lowest BCUT2D eigenvalue weighted by atomic mass is 9.80. The van der Waals surface area contributed by atoms with E-state index in [0.717, 1.165) is 25.1 Å². The predicted molar refractivity (Wildman–Crippen MR) is 76.9 cm³/mol. The van der Waals surface area contributed by atoms with E-state index in [-0.39, 0.29) is 6.09 Å². The summed E-state index contributed by atoms with van der Waals surface area (Å²) in [4.78, 5) is 18.0. The molecule has 6 heteroatoms. The average molecular weight is 283 g/mol. The molecule has 2 N–H and O–H groups in total. The van der Waals surface area contributed by atoms with E-state index in [2.05, 4.69) is 10.3 Å². The van der Waals surface area contributed by atoms with Gasteiger partial charge >= 0.3 is 6.09 Å². The Morgan fingerprint density at radius 2 is 2.20 bits per heavy atom. The first kappa shape index (κ1) is 15.1. The normalized spacial score (nSPS) is 21.8. The quantitative estimate of drug-likeness (QED) is 0.797. The maximum absolute atomic E-state index is 12.0. The molecular weight excluding hydrogens is 258 g/mol. The second-order valence-electron chi connectivity index (χ2n) is 6.66. The molecule has 0 aromatic heterocycles. The second kappa shape index (κ2) is 5.60. The molecule has 0 radical (unpaired) electrons. The topological polar surface area (TPSA) is 74.2 Å². The predicted octanol–water partition coefficient (Wildman–Crippen LogP) is 1.14. The number of hydrogen-bond acceptors (Lipinski definition) is 5. The summed E-state index contributed by atoms with van der Waals surface area (Å²) in [5.41, 5.74) is -1.07. The van der Waals surface area contributed by atoms with Crippen molar-refractivity contribution in [3.05, 3.63) is 0 Å².